The van der Waals surface area contributed by atoms with Crippen LogP contribution < -0.4 is 10.6 Å². The lowest BCUT2D eigenvalue weighted by Crippen LogP contribution is -2.21. The van der Waals surface area contributed by atoms with E-state index in [4.69, 9.17) is 4.74 Å². The standard InChI is InChI=1S/C14H12IN3O4S/c1-8(19)16-14-18-11(7-23-14)13(21)22-6-12(20)17-10-5-3-2-4-9(10)15/h2-5,7H,6H2,1H3,(H,17,20)(H,16,18,19). The first-order valence-corrected chi connectivity index (χ1v) is 8.36. The lowest BCUT2D eigenvalue weighted by atomic mass is 10.3. The Bertz CT molecular complexity index is 747. The van der Waals surface area contributed by atoms with Gasteiger partial charge in [-0.25, -0.2) is 9.78 Å². The van der Waals surface area contributed by atoms with Crippen molar-refractivity contribution in [3.8, 4) is 0 Å². The summed E-state index contributed by atoms with van der Waals surface area (Å²) < 4.78 is 5.78. The first kappa shape index (κ1) is 17.3. The number of ether oxygens (including phenoxy) is 1. The van der Waals surface area contributed by atoms with Crippen molar-refractivity contribution in [2.24, 2.45) is 0 Å². The zero-order valence-corrected chi connectivity index (χ0v) is 14.9. The van der Waals surface area contributed by atoms with Gasteiger partial charge in [0.15, 0.2) is 17.4 Å². The zero-order chi connectivity index (χ0) is 16.8. The molecule has 0 aliphatic heterocycles. The fourth-order valence-electron chi connectivity index (χ4n) is 1.53. The Morgan fingerprint density at radius 1 is 1.26 bits per heavy atom. The number of halogens is 1. The molecule has 9 heteroatoms. The van der Waals surface area contributed by atoms with Crippen molar-refractivity contribution in [3.05, 3.63) is 38.9 Å². The molecule has 0 atom stereocenters. The number of aromatic nitrogens is 1. The fourth-order valence-corrected chi connectivity index (χ4v) is 2.78. The number of esters is 1. The minimum absolute atomic E-state index is 0.0424. The van der Waals surface area contributed by atoms with Crippen LogP contribution in [0, 0.1) is 3.57 Å². The zero-order valence-electron chi connectivity index (χ0n) is 12.0. The third-order valence-electron chi connectivity index (χ3n) is 2.48. The third kappa shape index (κ3) is 5.28. The van der Waals surface area contributed by atoms with Gasteiger partial charge in [-0.3, -0.25) is 9.59 Å². The maximum Gasteiger partial charge on any atom is 0.358 e. The highest BCUT2D eigenvalue weighted by molar-refractivity contribution is 14.1. The molecular formula is C14H12IN3O4S. The number of para-hydroxylation sites is 1. The highest BCUT2D eigenvalue weighted by Crippen LogP contribution is 2.17. The monoisotopic (exact) mass is 445 g/mol. The number of hydrogen-bond donors (Lipinski definition) is 2. The van der Waals surface area contributed by atoms with Crippen LogP contribution in [0.4, 0.5) is 10.8 Å². The predicted molar refractivity (Wildman–Crippen MR) is 94.5 cm³/mol. The molecule has 0 fully saturated rings. The number of carbonyl (C=O) groups excluding carboxylic acids is 3. The molecule has 0 spiro atoms. The summed E-state index contributed by atoms with van der Waals surface area (Å²) in [4.78, 5) is 38.4. The normalized spacial score (nSPS) is 10.0. The van der Waals surface area contributed by atoms with E-state index in [0.717, 1.165) is 14.9 Å². The largest absolute Gasteiger partial charge is 0.451 e. The van der Waals surface area contributed by atoms with E-state index in [1.807, 2.05) is 12.1 Å². The van der Waals surface area contributed by atoms with Gasteiger partial charge in [0.05, 0.1) is 5.69 Å². The number of rotatable bonds is 5. The summed E-state index contributed by atoms with van der Waals surface area (Å²) in [6.07, 6.45) is 0. The second-order valence-electron chi connectivity index (χ2n) is 4.32. The van der Waals surface area contributed by atoms with E-state index in [9.17, 15) is 14.4 Å². The van der Waals surface area contributed by atoms with E-state index in [0.29, 0.717) is 10.8 Å². The van der Waals surface area contributed by atoms with Gasteiger partial charge in [-0.1, -0.05) is 12.1 Å². The number of carbonyl (C=O) groups is 3. The number of anilines is 2. The third-order valence-corrected chi connectivity index (χ3v) is 4.18. The Kier molecular flexibility index (Phi) is 6.04. The van der Waals surface area contributed by atoms with Gasteiger partial charge in [0.2, 0.25) is 5.91 Å². The minimum atomic E-state index is -0.726. The first-order chi connectivity index (χ1) is 11.0. The maximum atomic E-state index is 11.8. The summed E-state index contributed by atoms with van der Waals surface area (Å²) in [7, 11) is 0. The number of benzene rings is 1. The molecule has 1 aromatic carbocycles. The van der Waals surface area contributed by atoms with E-state index in [-0.39, 0.29) is 11.6 Å². The van der Waals surface area contributed by atoms with Crippen molar-refractivity contribution in [3.63, 3.8) is 0 Å². The molecule has 0 aliphatic rings. The van der Waals surface area contributed by atoms with E-state index in [1.54, 1.807) is 12.1 Å². The quantitative estimate of drug-likeness (QED) is 0.545. The van der Waals surface area contributed by atoms with E-state index < -0.39 is 18.5 Å². The summed E-state index contributed by atoms with van der Waals surface area (Å²) >= 11 is 3.19. The van der Waals surface area contributed by atoms with Crippen molar-refractivity contribution < 1.29 is 19.1 Å². The van der Waals surface area contributed by atoms with Crippen LogP contribution in [0.15, 0.2) is 29.6 Å². The van der Waals surface area contributed by atoms with Crippen LogP contribution in [0.5, 0.6) is 0 Å². The lowest BCUT2D eigenvalue weighted by Gasteiger charge is -2.07. The Balaban J connectivity index is 1.86. The average Bonchev–Trinajstić information content (AvgIpc) is 2.95. The van der Waals surface area contributed by atoms with Gasteiger partial charge in [0, 0.05) is 15.9 Å². The molecule has 120 valence electrons. The molecule has 7 nitrogen and oxygen atoms in total. The summed E-state index contributed by atoms with van der Waals surface area (Å²) in [5, 5.41) is 6.86. The van der Waals surface area contributed by atoms with Crippen LogP contribution in [-0.4, -0.2) is 29.4 Å². The fraction of sp³-hybridized carbons (Fsp3) is 0.143. The molecule has 0 saturated carbocycles. The second-order valence-corrected chi connectivity index (χ2v) is 6.34. The lowest BCUT2D eigenvalue weighted by molar-refractivity contribution is -0.119. The summed E-state index contributed by atoms with van der Waals surface area (Å²) in [6, 6.07) is 7.25. The Hall–Kier alpha value is -2.01. The molecule has 1 aromatic heterocycles. The van der Waals surface area contributed by atoms with Crippen LogP contribution in [-0.2, 0) is 14.3 Å². The van der Waals surface area contributed by atoms with Crippen LogP contribution in [0.1, 0.15) is 17.4 Å². The highest BCUT2D eigenvalue weighted by Gasteiger charge is 2.15. The molecule has 0 aliphatic carbocycles. The number of amides is 2. The van der Waals surface area contributed by atoms with Gasteiger partial charge >= 0.3 is 5.97 Å². The highest BCUT2D eigenvalue weighted by atomic mass is 127. The van der Waals surface area contributed by atoms with Crippen LogP contribution in [0.25, 0.3) is 0 Å². The summed E-state index contributed by atoms with van der Waals surface area (Å²) in [5.74, 6) is -1.45. The molecule has 2 amide bonds. The SMILES string of the molecule is CC(=O)Nc1nc(C(=O)OCC(=O)Nc2ccccc2I)cs1. The second kappa shape index (κ2) is 8.02. The molecule has 2 aromatic rings. The first-order valence-electron chi connectivity index (χ1n) is 6.40. The average molecular weight is 445 g/mol. The Labute approximate surface area is 149 Å². The van der Waals surface area contributed by atoms with E-state index in [2.05, 4.69) is 38.2 Å². The predicted octanol–water partition coefficient (Wildman–Crippen LogP) is 2.50. The molecule has 2 N–H and O–H groups in total. The molecule has 1 heterocycles. The Morgan fingerprint density at radius 2 is 2.00 bits per heavy atom. The summed E-state index contributed by atoms with van der Waals surface area (Å²) in [5.41, 5.74) is 0.691. The van der Waals surface area contributed by atoms with Gasteiger partial charge in [0.25, 0.3) is 5.91 Å². The van der Waals surface area contributed by atoms with Gasteiger partial charge in [-0.15, -0.1) is 11.3 Å². The van der Waals surface area contributed by atoms with Crippen LogP contribution in [0.3, 0.4) is 0 Å². The van der Waals surface area contributed by atoms with E-state index in [1.165, 1.54) is 12.3 Å². The van der Waals surface area contributed by atoms with Crippen LogP contribution in [0.2, 0.25) is 0 Å². The number of nitrogens with zero attached hydrogens (tertiary/aromatic N) is 1. The minimum Gasteiger partial charge on any atom is -0.451 e. The number of nitrogens with one attached hydrogen (secondary N) is 2. The van der Waals surface area contributed by atoms with Crippen molar-refractivity contribution in [2.45, 2.75) is 6.92 Å². The maximum absolute atomic E-state index is 11.8. The molecule has 0 unspecified atom stereocenters. The van der Waals surface area contributed by atoms with Crippen molar-refractivity contribution in [1.82, 2.24) is 4.98 Å². The van der Waals surface area contributed by atoms with Crippen molar-refractivity contribution in [1.29, 1.82) is 0 Å². The van der Waals surface area contributed by atoms with Gasteiger partial charge in [0.1, 0.15) is 0 Å². The molecule has 2 rings (SSSR count). The van der Waals surface area contributed by atoms with Gasteiger partial charge in [-0.2, -0.15) is 0 Å². The number of thiazole rings is 1. The molecular weight excluding hydrogens is 433 g/mol. The molecule has 0 bridgehead atoms. The van der Waals surface area contributed by atoms with E-state index >= 15 is 0 Å². The van der Waals surface area contributed by atoms with Gasteiger partial charge < -0.3 is 15.4 Å². The molecule has 0 saturated heterocycles. The van der Waals surface area contributed by atoms with Crippen LogP contribution >= 0.6 is 33.9 Å². The van der Waals surface area contributed by atoms with Gasteiger partial charge in [-0.05, 0) is 34.7 Å². The Morgan fingerprint density at radius 3 is 2.70 bits per heavy atom. The smallest absolute Gasteiger partial charge is 0.358 e. The molecule has 23 heavy (non-hydrogen) atoms. The number of hydrogen-bond acceptors (Lipinski definition) is 6. The molecule has 0 radical (unpaired) electrons. The van der Waals surface area contributed by atoms with Crippen molar-refractivity contribution >= 4 is 62.5 Å². The van der Waals surface area contributed by atoms with Crippen molar-refractivity contribution in [2.75, 3.05) is 17.2 Å². The summed E-state index contributed by atoms with van der Waals surface area (Å²) in [6.45, 7) is 0.922. The topological polar surface area (TPSA) is 97.4 Å².